The van der Waals surface area contributed by atoms with Crippen molar-refractivity contribution in [1.82, 2.24) is 0 Å². The van der Waals surface area contributed by atoms with E-state index in [4.69, 9.17) is 4.74 Å². The maximum absolute atomic E-state index is 12.3. The summed E-state index contributed by atoms with van der Waals surface area (Å²) >= 11 is 0. The number of aryl methyl sites for hydroxylation is 1. The van der Waals surface area contributed by atoms with Gasteiger partial charge in [0.2, 0.25) is 0 Å². The Hall–Kier alpha value is -1.98. The van der Waals surface area contributed by atoms with Crippen molar-refractivity contribution in [3.8, 4) is 0 Å². The van der Waals surface area contributed by atoms with Crippen molar-refractivity contribution in [3.63, 3.8) is 0 Å². The second kappa shape index (κ2) is 13.4. The van der Waals surface area contributed by atoms with Crippen LogP contribution in [0.3, 0.4) is 0 Å². The lowest BCUT2D eigenvalue weighted by Crippen LogP contribution is -2.22. The summed E-state index contributed by atoms with van der Waals surface area (Å²) in [6.45, 7) is 3.67. The first kappa shape index (κ1) is 25.3. The van der Waals surface area contributed by atoms with Crippen molar-refractivity contribution < 1.29 is 24.5 Å². The van der Waals surface area contributed by atoms with E-state index >= 15 is 0 Å². The standard InChI is InChI=1S/C26H38O5/c1-19(2)31-26(30)13-9-4-3-8-12-22-23(25(29)18-24(22)28)17-16-21(27)15-14-20-10-6-5-7-11-20/h3,5-8,10-11,19,21-23,25,27,29H,4,9,12-18H2,1-2H3/b8-3-/t21?,22-,23-,25?/m1/s1. The van der Waals surface area contributed by atoms with Gasteiger partial charge in [-0.1, -0.05) is 42.5 Å². The number of benzene rings is 1. The van der Waals surface area contributed by atoms with Crippen LogP contribution in [0.15, 0.2) is 42.5 Å². The number of esters is 1. The zero-order valence-electron chi connectivity index (χ0n) is 18.9. The number of hydrogen-bond acceptors (Lipinski definition) is 5. The highest BCUT2D eigenvalue weighted by Crippen LogP contribution is 2.36. The third-order valence-electron chi connectivity index (χ3n) is 5.95. The Balaban J connectivity index is 1.71. The van der Waals surface area contributed by atoms with E-state index in [1.807, 2.05) is 44.2 Å². The van der Waals surface area contributed by atoms with E-state index in [0.717, 1.165) is 19.3 Å². The summed E-state index contributed by atoms with van der Waals surface area (Å²) in [5.74, 6) is -0.340. The van der Waals surface area contributed by atoms with Gasteiger partial charge in [0, 0.05) is 18.8 Å². The maximum Gasteiger partial charge on any atom is 0.306 e. The minimum Gasteiger partial charge on any atom is -0.463 e. The number of Topliss-reactive ketones (excluding diaryl/α,β-unsaturated/α-hetero) is 1. The highest BCUT2D eigenvalue weighted by molar-refractivity contribution is 5.84. The molecule has 5 heteroatoms. The van der Waals surface area contributed by atoms with Gasteiger partial charge in [-0.05, 0) is 70.3 Å². The first-order chi connectivity index (χ1) is 14.9. The maximum atomic E-state index is 12.3. The van der Waals surface area contributed by atoms with E-state index in [-0.39, 0.29) is 36.1 Å². The normalized spacial score (nSPS) is 22.4. The fraction of sp³-hybridized carbons (Fsp3) is 0.615. The molecule has 1 saturated carbocycles. The van der Waals surface area contributed by atoms with Crippen molar-refractivity contribution in [2.24, 2.45) is 11.8 Å². The van der Waals surface area contributed by atoms with E-state index < -0.39 is 12.2 Å². The Morgan fingerprint density at radius 3 is 2.65 bits per heavy atom. The molecule has 0 spiro atoms. The predicted molar refractivity (Wildman–Crippen MR) is 121 cm³/mol. The lowest BCUT2D eigenvalue weighted by Gasteiger charge is -2.21. The Bertz CT molecular complexity index is 697. The number of ether oxygens (including phenoxy) is 1. The van der Waals surface area contributed by atoms with Gasteiger partial charge in [0.05, 0.1) is 18.3 Å². The average Bonchev–Trinajstić information content (AvgIpc) is 3.00. The minimum absolute atomic E-state index is 0.0864. The number of aliphatic hydroxyl groups excluding tert-OH is 2. The first-order valence-corrected chi connectivity index (χ1v) is 11.6. The van der Waals surface area contributed by atoms with Crippen LogP contribution in [0.5, 0.6) is 0 Å². The monoisotopic (exact) mass is 430 g/mol. The smallest absolute Gasteiger partial charge is 0.306 e. The molecule has 2 N–H and O–H groups in total. The zero-order chi connectivity index (χ0) is 22.6. The lowest BCUT2D eigenvalue weighted by atomic mass is 9.86. The molecule has 1 aliphatic rings. The Kier molecular flexibility index (Phi) is 11.0. The molecule has 172 valence electrons. The summed E-state index contributed by atoms with van der Waals surface area (Å²) in [5, 5.41) is 20.7. The van der Waals surface area contributed by atoms with E-state index in [0.29, 0.717) is 32.1 Å². The third-order valence-corrected chi connectivity index (χ3v) is 5.95. The quantitative estimate of drug-likeness (QED) is 0.275. The molecule has 0 saturated heterocycles. The van der Waals surface area contributed by atoms with E-state index in [1.54, 1.807) is 0 Å². The van der Waals surface area contributed by atoms with Crippen LogP contribution >= 0.6 is 0 Å². The summed E-state index contributed by atoms with van der Waals surface area (Å²) in [6, 6.07) is 10.1. The number of hydrogen-bond donors (Lipinski definition) is 2. The van der Waals surface area contributed by atoms with E-state index in [1.165, 1.54) is 5.56 Å². The topological polar surface area (TPSA) is 83.8 Å². The number of carbonyl (C=O) groups excluding carboxylic acids is 2. The molecule has 1 aromatic carbocycles. The number of ketones is 1. The largest absolute Gasteiger partial charge is 0.463 e. The van der Waals surface area contributed by atoms with E-state index in [9.17, 15) is 19.8 Å². The molecular weight excluding hydrogens is 392 g/mol. The third kappa shape index (κ3) is 9.36. The molecule has 4 atom stereocenters. The van der Waals surface area contributed by atoms with Gasteiger partial charge in [0.1, 0.15) is 5.78 Å². The molecule has 0 amide bonds. The molecule has 1 fully saturated rings. The van der Waals surface area contributed by atoms with Crippen LogP contribution in [-0.2, 0) is 20.7 Å². The van der Waals surface area contributed by atoms with Crippen LogP contribution < -0.4 is 0 Å². The van der Waals surface area contributed by atoms with Crippen LogP contribution in [0.2, 0.25) is 0 Å². The van der Waals surface area contributed by atoms with E-state index in [2.05, 4.69) is 12.1 Å². The van der Waals surface area contributed by atoms with Crippen LogP contribution in [0.4, 0.5) is 0 Å². The summed E-state index contributed by atoms with van der Waals surface area (Å²) in [6.07, 6.45) is 8.34. The fourth-order valence-corrected chi connectivity index (χ4v) is 4.27. The van der Waals surface area contributed by atoms with Gasteiger partial charge in [0.25, 0.3) is 0 Å². The molecule has 2 rings (SSSR count). The summed E-state index contributed by atoms with van der Waals surface area (Å²) in [5.41, 5.74) is 1.21. The average molecular weight is 431 g/mol. The fourth-order valence-electron chi connectivity index (χ4n) is 4.27. The molecule has 0 aromatic heterocycles. The number of rotatable bonds is 13. The van der Waals surface area contributed by atoms with Crippen molar-refractivity contribution in [2.75, 3.05) is 0 Å². The second-order valence-electron chi connectivity index (χ2n) is 8.90. The van der Waals surface area contributed by atoms with Crippen LogP contribution in [-0.4, -0.2) is 40.3 Å². The molecule has 0 bridgehead atoms. The second-order valence-corrected chi connectivity index (χ2v) is 8.90. The molecule has 0 aliphatic heterocycles. The first-order valence-electron chi connectivity index (χ1n) is 11.6. The minimum atomic E-state index is -0.613. The van der Waals surface area contributed by atoms with Gasteiger partial charge in [-0.2, -0.15) is 0 Å². The summed E-state index contributed by atoms with van der Waals surface area (Å²) in [4.78, 5) is 23.9. The van der Waals surface area contributed by atoms with Gasteiger partial charge in [-0.15, -0.1) is 0 Å². The molecule has 0 heterocycles. The zero-order valence-corrected chi connectivity index (χ0v) is 18.9. The highest BCUT2D eigenvalue weighted by Gasteiger charge is 2.40. The molecule has 5 nitrogen and oxygen atoms in total. The molecule has 2 unspecified atom stereocenters. The summed E-state index contributed by atoms with van der Waals surface area (Å²) < 4.78 is 5.11. The number of unbranched alkanes of at least 4 members (excludes halogenated alkanes) is 1. The Morgan fingerprint density at radius 1 is 1.19 bits per heavy atom. The number of aliphatic hydroxyl groups is 2. The number of carbonyl (C=O) groups is 2. The van der Waals surface area contributed by atoms with Crippen LogP contribution in [0.1, 0.15) is 70.8 Å². The Morgan fingerprint density at radius 2 is 1.94 bits per heavy atom. The van der Waals surface area contributed by atoms with Gasteiger partial charge >= 0.3 is 5.97 Å². The molecule has 0 radical (unpaired) electrons. The summed E-state index contributed by atoms with van der Waals surface area (Å²) in [7, 11) is 0. The van der Waals surface area contributed by atoms with Crippen molar-refractivity contribution in [2.45, 2.75) is 89.9 Å². The van der Waals surface area contributed by atoms with Gasteiger partial charge in [0.15, 0.2) is 0 Å². The predicted octanol–water partition coefficient (Wildman–Crippen LogP) is 4.39. The van der Waals surface area contributed by atoms with Crippen molar-refractivity contribution in [3.05, 3.63) is 48.0 Å². The molecule has 1 aromatic rings. The van der Waals surface area contributed by atoms with Crippen molar-refractivity contribution >= 4 is 11.8 Å². The van der Waals surface area contributed by atoms with Crippen LogP contribution in [0.25, 0.3) is 0 Å². The van der Waals surface area contributed by atoms with Crippen LogP contribution in [0, 0.1) is 11.8 Å². The molecule has 31 heavy (non-hydrogen) atoms. The van der Waals surface area contributed by atoms with Gasteiger partial charge < -0.3 is 14.9 Å². The lowest BCUT2D eigenvalue weighted by molar-refractivity contribution is -0.147. The van der Waals surface area contributed by atoms with Crippen molar-refractivity contribution in [1.29, 1.82) is 0 Å². The van der Waals surface area contributed by atoms with Gasteiger partial charge in [-0.3, -0.25) is 9.59 Å². The Labute approximate surface area is 186 Å². The van der Waals surface area contributed by atoms with Gasteiger partial charge in [-0.25, -0.2) is 0 Å². The SMILES string of the molecule is CC(C)OC(=O)CCC/C=C\C[C@H]1C(=O)CC(O)[C@@H]1CCC(O)CCc1ccccc1. The highest BCUT2D eigenvalue weighted by atomic mass is 16.5. The number of allylic oxidation sites excluding steroid dienone is 2. The molecule has 1 aliphatic carbocycles. The molecular formula is C26H38O5.